The molecule has 0 amide bonds. The normalized spacial score (nSPS) is 13.3. The molecule has 16 heavy (non-hydrogen) atoms. The standard InChI is InChI=1S/C9H13N3O2S2/c1-3-9(4-10)16(13,14)12-6-8-5-11-7(2)15-8/h5,9,12H,3,6H2,1-2H3. The van der Waals surface area contributed by atoms with Gasteiger partial charge in [-0.15, -0.1) is 11.3 Å². The van der Waals surface area contributed by atoms with E-state index in [1.54, 1.807) is 19.2 Å². The fraction of sp³-hybridized carbons (Fsp3) is 0.556. The third-order valence-electron chi connectivity index (χ3n) is 2.01. The first-order valence-corrected chi connectivity index (χ1v) is 7.15. The Balaban J connectivity index is 2.65. The minimum Gasteiger partial charge on any atom is -0.250 e. The third kappa shape index (κ3) is 3.27. The molecule has 0 spiro atoms. The summed E-state index contributed by atoms with van der Waals surface area (Å²) in [5.41, 5.74) is 0. The predicted octanol–water partition coefficient (Wildman–Crippen LogP) is 1.17. The lowest BCUT2D eigenvalue weighted by Crippen LogP contribution is -2.32. The summed E-state index contributed by atoms with van der Waals surface area (Å²) in [5, 5.41) is 8.59. The molecule has 0 bridgehead atoms. The summed E-state index contributed by atoms with van der Waals surface area (Å²) < 4.78 is 25.7. The summed E-state index contributed by atoms with van der Waals surface area (Å²) in [6.07, 6.45) is 1.92. The maximum atomic E-state index is 11.6. The van der Waals surface area contributed by atoms with Crippen LogP contribution in [-0.4, -0.2) is 18.7 Å². The molecule has 0 saturated carbocycles. The summed E-state index contributed by atoms with van der Waals surface area (Å²) in [5.74, 6) is 0. The van der Waals surface area contributed by atoms with Crippen LogP contribution in [0.3, 0.4) is 0 Å². The van der Waals surface area contributed by atoms with E-state index < -0.39 is 15.3 Å². The monoisotopic (exact) mass is 259 g/mol. The van der Waals surface area contributed by atoms with Crippen molar-refractivity contribution in [3.05, 3.63) is 16.1 Å². The van der Waals surface area contributed by atoms with Gasteiger partial charge in [0.1, 0.15) is 0 Å². The number of aromatic nitrogens is 1. The van der Waals surface area contributed by atoms with Crippen molar-refractivity contribution in [1.29, 1.82) is 5.26 Å². The summed E-state index contributed by atoms with van der Waals surface area (Å²) in [4.78, 5) is 4.86. The van der Waals surface area contributed by atoms with E-state index in [0.29, 0.717) is 0 Å². The largest absolute Gasteiger partial charge is 0.250 e. The zero-order valence-corrected chi connectivity index (χ0v) is 10.7. The van der Waals surface area contributed by atoms with Crippen molar-refractivity contribution in [2.24, 2.45) is 0 Å². The number of nitrogens with zero attached hydrogens (tertiary/aromatic N) is 2. The number of hydrogen-bond donors (Lipinski definition) is 1. The molecule has 0 aromatic carbocycles. The highest BCUT2D eigenvalue weighted by molar-refractivity contribution is 7.90. The van der Waals surface area contributed by atoms with Crippen LogP contribution in [0, 0.1) is 18.3 Å². The van der Waals surface area contributed by atoms with E-state index in [9.17, 15) is 8.42 Å². The second-order valence-electron chi connectivity index (χ2n) is 3.24. The molecule has 0 fully saturated rings. The second kappa shape index (κ2) is 5.39. The van der Waals surface area contributed by atoms with Gasteiger partial charge < -0.3 is 0 Å². The van der Waals surface area contributed by atoms with Crippen LogP contribution < -0.4 is 4.72 Å². The molecular formula is C9H13N3O2S2. The van der Waals surface area contributed by atoms with Gasteiger partial charge in [0.25, 0.3) is 0 Å². The molecule has 5 nitrogen and oxygen atoms in total. The van der Waals surface area contributed by atoms with Crippen molar-refractivity contribution in [3.8, 4) is 6.07 Å². The number of hydrogen-bond acceptors (Lipinski definition) is 5. The summed E-state index contributed by atoms with van der Waals surface area (Å²) in [6.45, 7) is 3.72. The van der Waals surface area contributed by atoms with Gasteiger partial charge in [0.05, 0.1) is 11.1 Å². The Morgan fingerprint density at radius 1 is 1.69 bits per heavy atom. The van der Waals surface area contributed by atoms with Crippen LogP contribution in [0.2, 0.25) is 0 Å². The van der Waals surface area contributed by atoms with Gasteiger partial charge in [-0.05, 0) is 13.3 Å². The van der Waals surface area contributed by atoms with E-state index in [-0.39, 0.29) is 13.0 Å². The van der Waals surface area contributed by atoms with Crippen molar-refractivity contribution < 1.29 is 8.42 Å². The molecule has 1 aromatic rings. The van der Waals surface area contributed by atoms with Crippen LogP contribution in [-0.2, 0) is 16.6 Å². The van der Waals surface area contributed by atoms with E-state index in [0.717, 1.165) is 9.88 Å². The minimum atomic E-state index is -3.54. The molecule has 0 aliphatic carbocycles. The molecule has 88 valence electrons. The van der Waals surface area contributed by atoms with Crippen LogP contribution in [0.15, 0.2) is 6.20 Å². The molecule has 7 heteroatoms. The van der Waals surface area contributed by atoms with Crippen molar-refractivity contribution in [2.45, 2.75) is 32.1 Å². The van der Waals surface area contributed by atoms with Gasteiger partial charge >= 0.3 is 0 Å². The lowest BCUT2D eigenvalue weighted by molar-refractivity contribution is 0.573. The Labute approximate surface area is 99.2 Å². The van der Waals surface area contributed by atoms with Crippen LogP contribution in [0.4, 0.5) is 0 Å². The maximum Gasteiger partial charge on any atom is 0.228 e. The van der Waals surface area contributed by atoms with Gasteiger partial charge in [-0.3, -0.25) is 0 Å². The average molecular weight is 259 g/mol. The Morgan fingerprint density at radius 3 is 2.81 bits per heavy atom. The van der Waals surface area contributed by atoms with Crippen LogP contribution in [0.1, 0.15) is 23.2 Å². The molecule has 0 aliphatic heterocycles. The topological polar surface area (TPSA) is 82.8 Å². The van der Waals surface area contributed by atoms with Gasteiger partial charge in [0, 0.05) is 17.6 Å². The molecule has 1 aromatic heterocycles. The number of thiazole rings is 1. The van der Waals surface area contributed by atoms with Crippen molar-refractivity contribution in [1.82, 2.24) is 9.71 Å². The predicted molar refractivity (Wildman–Crippen MR) is 62.3 cm³/mol. The maximum absolute atomic E-state index is 11.6. The fourth-order valence-corrected chi connectivity index (χ4v) is 3.10. The lowest BCUT2D eigenvalue weighted by Gasteiger charge is -2.08. The third-order valence-corrected chi connectivity index (χ3v) is 4.65. The highest BCUT2D eigenvalue weighted by Crippen LogP contribution is 2.12. The smallest absolute Gasteiger partial charge is 0.228 e. The zero-order valence-electron chi connectivity index (χ0n) is 9.10. The molecule has 0 saturated heterocycles. The summed E-state index contributed by atoms with van der Waals surface area (Å²) >= 11 is 1.43. The van der Waals surface area contributed by atoms with E-state index in [2.05, 4.69) is 9.71 Å². The summed E-state index contributed by atoms with van der Waals surface area (Å²) in [6, 6.07) is 1.77. The molecule has 0 aliphatic rings. The van der Waals surface area contributed by atoms with Crippen molar-refractivity contribution >= 4 is 21.4 Å². The van der Waals surface area contributed by atoms with E-state index in [4.69, 9.17) is 5.26 Å². The number of nitrogens with one attached hydrogen (secondary N) is 1. The van der Waals surface area contributed by atoms with Gasteiger partial charge in [0.15, 0.2) is 5.25 Å². The van der Waals surface area contributed by atoms with Crippen LogP contribution >= 0.6 is 11.3 Å². The first-order chi connectivity index (χ1) is 7.49. The molecule has 1 atom stereocenters. The quantitative estimate of drug-likeness (QED) is 0.860. The Bertz CT molecular complexity index is 487. The van der Waals surface area contributed by atoms with Crippen LogP contribution in [0.25, 0.3) is 0 Å². The van der Waals surface area contributed by atoms with E-state index >= 15 is 0 Å². The molecule has 1 rings (SSSR count). The van der Waals surface area contributed by atoms with Crippen LogP contribution in [0.5, 0.6) is 0 Å². The van der Waals surface area contributed by atoms with E-state index in [1.807, 2.05) is 6.92 Å². The van der Waals surface area contributed by atoms with Crippen molar-refractivity contribution in [2.75, 3.05) is 0 Å². The fourth-order valence-electron chi connectivity index (χ4n) is 1.14. The summed E-state index contributed by atoms with van der Waals surface area (Å²) in [7, 11) is -3.54. The lowest BCUT2D eigenvalue weighted by atomic mass is 10.4. The number of rotatable bonds is 5. The molecule has 1 N–H and O–H groups in total. The molecule has 0 radical (unpaired) electrons. The van der Waals surface area contributed by atoms with Gasteiger partial charge in [0.2, 0.25) is 10.0 Å². The first-order valence-electron chi connectivity index (χ1n) is 4.79. The molecule has 1 unspecified atom stereocenters. The number of nitriles is 1. The average Bonchev–Trinajstić information content (AvgIpc) is 2.63. The zero-order chi connectivity index (χ0) is 12.2. The first kappa shape index (κ1) is 13.1. The molecular weight excluding hydrogens is 246 g/mol. The van der Waals surface area contributed by atoms with E-state index in [1.165, 1.54) is 11.3 Å². The Morgan fingerprint density at radius 2 is 2.38 bits per heavy atom. The Kier molecular flexibility index (Phi) is 4.41. The Hall–Kier alpha value is -0.970. The number of sulfonamides is 1. The van der Waals surface area contributed by atoms with Gasteiger partial charge in [-0.25, -0.2) is 18.1 Å². The SMILES string of the molecule is CCC(C#N)S(=O)(=O)NCc1cnc(C)s1. The van der Waals surface area contributed by atoms with Crippen molar-refractivity contribution in [3.63, 3.8) is 0 Å². The second-order valence-corrected chi connectivity index (χ2v) is 6.50. The highest BCUT2D eigenvalue weighted by atomic mass is 32.2. The van der Waals surface area contributed by atoms with Gasteiger partial charge in [-0.1, -0.05) is 6.92 Å². The number of aryl methyl sites for hydroxylation is 1. The molecule has 1 heterocycles. The highest BCUT2D eigenvalue weighted by Gasteiger charge is 2.22. The minimum absolute atomic E-state index is 0.200. The van der Waals surface area contributed by atoms with Gasteiger partial charge in [-0.2, -0.15) is 5.26 Å².